The fourth-order valence-corrected chi connectivity index (χ4v) is 7.53. The first-order chi connectivity index (χ1) is 21.9. The fraction of sp³-hybridized carbons (Fsp3) is 0.667. The molecule has 4 rings (SSSR count). The first kappa shape index (κ1) is 37.1. The number of alkyl carbamates (subject to hydrolysis) is 1. The van der Waals surface area contributed by atoms with Gasteiger partial charge in [-0.3, -0.25) is 19.1 Å². The Kier molecular flexibility index (Phi) is 11.4. The van der Waals surface area contributed by atoms with E-state index in [0.29, 0.717) is 30.7 Å². The van der Waals surface area contributed by atoms with Crippen molar-refractivity contribution in [3.05, 3.63) is 34.4 Å². The maximum absolute atomic E-state index is 13.9. The number of nitrogens with one attached hydrogen (secondary N) is 1. The lowest BCUT2D eigenvalue weighted by molar-refractivity contribution is -0.158. The highest BCUT2D eigenvalue weighted by Gasteiger charge is 2.64. The average Bonchev–Trinajstić information content (AvgIpc) is 3.68. The van der Waals surface area contributed by atoms with Crippen LogP contribution in [0, 0.1) is 5.92 Å². The molecule has 0 aromatic heterocycles. The van der Waals surface area contributed by atoms with Gasteiger partial charge in [-0.25, -0.2) is 4.79 Å². The van der Waals surface area contributed by atoms with Gasteiger partial charge >= 0.3 is 12.1 Å². The standard InChI is InChI=1S/C33H49ClN2O10S/c1-19-10-9-11-25(43-6)33(40)18-24(44-31(39)35-33)20(2)30-32(3,46-30)26(45-28(38)12-13-47(7,8)41)17-27(37)36(4)22-15-21(14-19)16-23(42-5)29(22)34/h10,15-16,20,24-26,30,40,47H,9,11-14,17-18H2,1-8H3,(H,35,39)/b19-10+/t20-,24+,25-,26+,30+,32+,33+/m1/s1. The van der Waals surface area contributed by atoms with Crippen LogP contribution in [0.4, 0.5) is 10.5 Å². The van der Waals surface area contributed by atoms with Gasteiger partial charge in [-0.2, -0.15) is 0 Å². The Morgan fingerprint density at radius 2 is 1.94 bits per heavy atom. The number of epoxide rings is 1. The second-order valence-corrected chi connectivity index (χ2v) is 17.6. The van der Waals surface area contributed by atoms with E-state index in [1.807, 2.05) is 32.1 Å². The Labute approximate surface area is 282 Å². The molecule has 0 radical (unpaired) electrons. The van der Waals surface area contributed by atoms with E-state index in [9.17, 15) is 23.7 Å². The molecule has 0 saturated carbocycles. The number of rotatable bonds is 6. The number of methoxy groups -OCH3 is 2. The van der Waals surface area contributed by atoms with Crippen molar-refractivity contribution in [2.75, 3.05) is 44.4 Å². The van der Waals surface area contributed by atoms with Crippen molar-refractivity contribution in [1.82, 2.24) is 5.32 Å². The van der Waals surface area contributed by atoms with Crippen molar-refractivity contribution in [1.29, 1.82) is 0 Å². The highest BCUT2D eigenvalue weighted by atomic mass is 35.5. The number of anilines is 1. The van der Waals surface area contributed by atoms with Gasteiger partial charge in [0.2, 0.25) is 5.91 Å². The van der Waals surface area contributed by atoms with E-state index in [2.05, 4.69) is 5.32 Å². The summed E-state index contributed by atoms with van der Waals surface area (Å²) in [4.78, 5) is 41.1. The third kappa shape index (κ3) is 8.66. The third-order valence-electron chi connectivity index (χ3n) is 9.43. The van der Waals surface area contributed by atoms with Crippen LogP contribution in [0.2, 0.25) is 5.02 Å². The van der Waals surface area contributed by atoms with Gasteiger partial charge in [-0.15, -0.1) is 9.93 Å². The van der Waals surface area contributed by atoms with Gasteiger partial charge in [0.1, 0.15) is 34.7 Å². The first-order valence-electron chi connectivity index (χ1n) is 15.8. The smallest absolute Gasteiger partial charge is 0.409 e. The number of carbonyl (C=O) groups is 3. The van der Waals surface area contributed by atoms with Gasteiger partial charge in [0.15, 0.2) is 5.72 Å². The van der Waals surface area contributed by atoms with E-state index in [1.54, 1.807) is 26.5 Å². The summed E-state index contributed by atoms with van der Waals surface area (Å²) < 4.78 is 41.3. The maximum atomic E-state index is 13.9. The summed E-state index contributed by atoms with van der Waals surface area (Å²) in [6, 6.07) is 3.64. The van der Waals surface area contributed by atoms with Crippen molar-refractivity contribution < 1.29 is 47.4 Å². The molecule has 12 nitrogen and oxygen atoms in total. The molecule has 1 aromatic carbocycles. The Morgan fingerprint density at radius 3 is 2.57 bits per heavy atom. The monoisotopic (exact) mass is 700 g/mol. The SMILES string of the molecule is COc1cc2cc(c1Cl)N(C)C(=O)C[C@H](OC(=O)CC[SH](C)(C)=O)[C@]1(C)O[C@H]1[C@H](C)[C@@H]1C[C@@](O)(NC(=O)O1)[C@H](OC)CC/C=C(\C)C2. The molecular formula is C33H49ClN2O10S. The van der Waals surface area contributed by atoms with Gasteiger partial charge in [-0.1, -0.05) is 30.2 Å². The van der Waals surface area contributed by atoms with Crippen LogP contribution in [0.5, 0.6) is 5.75 Å². The van der Waals surface area contributed by atoms with Crippen molar-refractivity contribution >= 4 is 45.2 Å². The molecule has 264 valence electrons. The molecule has 47 heavy (non-hydrogen) atoms. The molecule has 3 aliphatic rings. The molecular weight excluding hydrogens is 652 g/mol. The second kappa shape index (κ2) is 14.4. The maximum Gasteiger partial charge on any atom is 0.409 e. The van der Waals surface area contributed by atoms with Gasteiger partial charge in [-0.05, 0) is 63.3 Å². The van der Waals surface area contributed by atoms with Crippen LogP contribution in [-0.2, 0) is 44.9 Å². The van der Waals surface area contributed by atoms with Crippen LogP contribution >= 0.6 is 11.6 Å². The summed E-state index contributed by atoms with van der Waals surface area (Å²) in [5.41, 5.74) is -0.530. The Morgan fingerprint density at radius 1 is 1.23 bits per heavy atom. The van der Waals surface area contributed by atoms with Gasteiger partial charge in [0, 0.05) is 32.2 Å². The number of hydrogen-bond donors (Lipinski definition) is 3. The lowest BCUT2D eigenvalue weighted by Gasteiger charge is -2.43. The number of carbonyl (C=O) groups excluding carboxylic acids is 3. The minimum absolute atomic E-state index is 0.0234. The Balaban J connectivity index is 1.74. The van der Waals surface area contributed by atoms with E-state index in [-0.39, 0.29) is 35.9 Å². The largest absolute Gasteiger partial charge is 0.495 e. The number of ether oxygens (including phenoxy) is 5. The summed E-state index contributed by atoms with van der Waals surface area (Å²) in [5, 5.41) is 14.5. The van der Waals surface area contributed by atoms with Crippen LogP contribution in [0.15, 0.2) is 23.8 Å². The van der Waals surface area contributed by atoms with Crippen LogP contribution in [-0.4, -0.2) is 103 Å². The molecule has 2 fully saturated rings. The minimum atomic E-state index is -2.50. The summed E-state index contributed by atoms with van der Waals surface area (Å²) in [6.45, 7) is 5.54. The van der Waals surface area contributed by atoms with E-state index >= 15 is 0 Å². The van der Waals surface area contributed by atoms with E-state index in [0.717, 1.165) is 11.1 Å². The quantitative estimate of drug-likeness (QED) is 0.174. The van der Waals surface area contributed by atoms with Crippen LogP contribution in [0.25, 0.3) is 0 Å². The molecule has 14 heteroatoms. The van der Waals surface area contributed by atoms with Gasteiger partial charge < -0.3 is 33.7 Å². The molecule has 0 aliphatic carbocycles. The van der Waals surface area contributed by atoms with Gasteiger partial charge in [0.25, 0.3) is 0 Å². The molecule has 3 aliphatic heterocycles. The van der Waals surface area contributed by atoms with Crippen LogP contribution in [0.3, 0.4) is 0 Å². The number of aliphatic hydroxyl groups is 1. The van der Waals surface area contributed by atoms with Crippen molar-refractivity contribution in [3.8, 4) is 5.75 Å². The number of benzene rings is 1. The van der Waals surface area contributed by atoms with Crippen molar-refractivity contribution in [2.45, 2.75) is 95.0 Å². The molecule has 4 bridgehead atoms. The number of halogens is 1. The molecule has 2 saturated heterocycles. The third-order valence-corrected chi connectivity index (χ3v) is 11.1. The lowest BCUT2D eigenvalue weighted by Crippen LogP contribution is -2.64. The topological polar surface area (TPSA) is 153 Å². The predicted molar refractivity (Wildman–Crippen MR) is 180 cm³/mol. The molecule has 1 aromatic rings. The zero-order valence-corrected chi connectivity index (χ0v) is 30.1. The zero-order valence-electron chi connectivity index (χ0n) is 28.5. The molecule has 3 heterocycles. The molecule has 7 atom stereocenters. The number of nitrogens with zero attached hydrogens (tertiary/aromatic N) is 1. The average molecular weight is 701 g/mol. The van der Waals surface area contributed by atoms with Crippen molar-refractivity contribution in [2.24, 2.45) is 5.92 Å². The molecule has 0 spiro atoms. The highest BCUT2D eigenvalue weighted by molar-refractivity contribution is 8.01. The van der Waals surface area contributed by atoms with Crippen molar-refractivity contribution in [3.63, 3.8) is 0 Å². The molecule has 2 N–H and O–H groups in total. The number of fused-ring (bicyclic) bond motifs is 5. The predicted octanol–water partition coefficient (Wildman–Crippen LogP) is 3.56. The van der Waals surface area contributed by atoms with Crippen LogP contribution in [0.1, 0.15) is 58.4 Å². The van der Waals surface area contributed by atoms with E-state index in [1.165, 1.54) is 19.1 Å². The van der Waals surface area contributed by atoms with E-state index < -0.39 is 63.7 Å². The number of allylic oxidation sites excluding steroid dienone is 2. The number of esters is 1. The Hall–Kier alpha value is -2.71. The molecule has 0 unspecified atom stereocenters. The highest BCUT2D eigenvalue weighted by Crippen LogP contribution is 2.49. The van der Waals surface area contributed by atoms with E-state index in [4.69, 9.17) is 35.3 Å². The fourth-order valence-electron chi connectivity index (χ4n) is 6.50. The summed E-state index contributed by atoms with van der Waals surface area (Å²) >= 11 is 6.71. The second-order valence-electron chi connectivity index (χ2n) is 13.6. The number of hydrogen-bond acceptors (Lipinski definition) is 10. The summed E-state index contributed by atoms with van der Waals surface area (Å²) in [5.74, 6) is -0.898. The van der Waals surface area contributed by atoms with Crippen LogP contribution < -0.4 is 15.0 Å². The molecule has 2 amide bonds. The summed E-state index contributed by atoms with van der Waals surface area (Å²) in [6.07, 6.45) is 2.49. The normalized spacial score (nSPS) is 33.4. The minimum Gasteiger partial charge on any atom is -0.495 e. The first-order valence-corrected chi connectivity index (χ1v) is 19.0. The number of thiol groups is 1. The lowest BCUT2D eigenvalue weighted by atomic mass is 9.83. The number of amides is 2. The zero-order chi connectivity index (χ0) is 34.9. The Bertz CT molecular complexity index is 1450. The van der Waals surface area contributed by atoms with Gasteiger partial charge in [0.05, 0.1) is 31.7 Å². The summed E-state index contributed by atoms with van der Waals surface area (Å²) in [7, 11) is 2.08.